The summed E-state index contributed by atoms with van der Waals surface area (Å²) < 4.78 is 0.975. The Morgan fingerprint density at radius 2 is 1.71 bits per heavy atom. The molecule has 3 aromatic rings. The summed E-state index contributed by atoms with van der Waals surface area (Å²) >= 11 is 1.39. The van der Waals surface area contributed by atoms with E-state index < -0.39 is 23.8 Å². The number of imide groups is 1. The molecule has 0 spiro atoms. The monoisotopic (exact) mass is 394 g/mol. The summed E-state index contributed by atoms with van der Waals surface area (Å²) in [6, 6.07) is 13.0. The predicted octanol–water partition coefficient (Wildman–Crippen LogP) is 0.124. The summed E-state index contributed by atoms with van der Waals surface area (Å²) in [6.45, 7) is 1.47. The fraction of sp³-hybridized carbons (Fsp3) is 0.105. The van der Waals surface area contributed by atoms with Gasteiger partial charge in [0.15, 0.2) is 0 Å². The Kier molecular flexibility index (Phi) is 4.36. The average Bonchev–Trinajstić information content (AvgIpc) is 3.19. The maximum atomic E-state index is 12.5. The Hall–Kier alpha value is -3.59. The number of hydrogen-bond acceptors (Lipinski definition) is 5. The van der Waals surface area contributed by atoms with Gasteiger partial charge in [-0.05, 0) is 31.2 Å². The van der Waals surface area contributed by atoms with Crippen LogP contribution in [0.3, 0.4) is 0 Å². The molecule has 1 aliphatic rings. The molecule has 140 valence electrons. The van der Waals surface area contributed by atoms with Gasteiger partial charge in [0.2, 0.25) is 0 Å². The lowest BCUT2D eigenvalue weighted by Gasteiger charge is -2.19. The topological polar surface area (TPSA) is 119 Å². The van der Waals surface area contributed by atoms with Crippen molar-refractivity contribution in [2.75, 3.05) is 0 Å². The van der Waals surface area contributed by atoms with Gasteiger partial charge >= 0.3 is 5.96 Å². The minimum Gasteiger partial charge on any atom is -0.310 e. The summed E-state index contributed by atoms with van der Waals surface area (Å²) in [5.74, 6) is -1.62. The minimum atomic E-state index is -1.02. The van der Waals surface area contributed by atoms with Gasteiger partial charge < -0.3 is 5.73 Å². The molecule has 1 atom stereocenters. The van der Waals surface area contributed by atoms with Crippen molar-refractivity contribution in [2.45, 2.75) is 13.0 Å². The number of para-hydroxylation sites is 1. The van der Waals surface area contributed by atoms with Gasteiger partial charge in [0.1, 0.15) is 11.6 Å². The first-order valence-corrected chi connectivity index (χ1v) is 9.30. The molecule has 0 saturated heterocycles. The number of nitrogens with two attached hydrogens (primary N) is 1. The molecule has 4 N–H and O–H groups in total. The van der Waals surface area contributed by atoms with Gasteiger partial charge in [-0.2, -0.15) is 0 Å². The molecule has 8 nitrogen and oxygen atoms in total. The van der Waals surface area contributed by atoms with Crippen LogP contribution >= 0.6 is 11.3 Å². The number of benzene rings is 2. The van der Waals surface area contributed by atoms with E-state index in [4.69, 9.17) is 5.73 Å². The van der Waals surface area contributed by atoms with Gasteiger partial charge in [-0.25, -0.2) is 10.3 Å². The van der Waals surface area contributed by atoms with Crippen LogP contribution in [0, 0.1) is 0 Å². The van der Waals surface area contributed by atoms with Crippen molar-refractivity contribution in [2.24, 2.45) is 5.73 Å². The average molecular weight is 394 g/mol. The lowest BCUT2D eigenvalue weighted by atomic mass is 10.1. The predicted molar refractivity (Wildman–Crippen MR) is 104 cm³/mol. The highest BCUT2D eigenvalue weighted by molar-refractivity contribution is 7.21. The smallest absolute Gasteiger partial charge is 0.310 e. The number of guanidine groups is 1. The third kappa shape index (κ3) is 3.01. The third-order valence-corrected chi connectivity index (χ3v) is 5.34. The molecular weight excluding hydrogens is 378 g/mol. The van der Waals surface area contributed by atoms with Crippen molar-refractivity contribution in [3.8, 4) is 0 Å². The number of rotatable bonds is 3. The van der Waals surface area contributed by atoms with Gasteiger partial charge in [0.25, 0.3) is 22.9 Å². The quantitative estimate of drug-likeness (QED) is 0.331. The van der Waals surface area contributed by atoms with Gasteiger partial charge in [-0.1, -0.05) is 35.6 Å². The molecular formula is C19H16N5O3S+. The van der Waals surface area contributed by atoms with E-state index >= 15 is 0 Å². The van der Waals surface area contributed by atoms with Crippen LogP contribution in [0.4, 0.5) is 5.13 Å². The number of carbonyl (C=O) groups is 3. The zero-order valence-electron chi connectivity index (χ0n) is 14.8. The number of fused-ring (bicyclic) bond motifs is 2. The van der Waals surface area contributed by atoms with Crippen molar-refractivity contribution in [1.29, 1.82) is 0 Å². The summed E-state index contributed by atoms with van der Waals surface area (Å²) in [4.78, 5) is 45.6. The molecule has 4 rings (SSSR count). The van der Waals surface area contributed by atoms with Crippen molar-refractivity contribution >= 4 is 50.4 Å². The van der Waals surface area contributed by atoms with Crippen LogP contribution in [0.5, 0.6) is 0 Å². The van der Waals surface area contributed by atoms with Gasteiger partial charge in [0, 0.05) is 0 Å². The Morgan fingerprint density at radius 1 is 1.11 bits per heavy atom. The number of aromatic nitrogens is 1. The van der Waals surface area contributed by atoms with E-state index in [1.54, 1.807) is 24.3 Å². The first-order chi connectivity index (χ1) is 13.5. The fourth-order valence-electron chi connectivity index (χ4n) is 2.99. The number of thiazole rings is 1. The largest absolute Gasteiger partial charge is 0.312 e. The molecule has 1 aromatic heterocycles. The van der Waals surface area contributed by atoms with Gasteiger partial charge in [-0.15, -0.1) is 4.98 Å². The second-order valence-electron chi connectivity index (χ2n) is 6.22. The van der Waals surface area contributed by atoms with Crippen LogP contribution in [-0.2, 0) is 4.79 Å². The van der Waals surface area contributed by atoms with Crippen molar-refractivity contribution in [3.05, 3.63) is 59.7 Å². The SMILES string of the molecule is C[C@@H](C(=O)NC(N)=[NH+]c1nc2ccccc2s1)N1C(=O)c2ccccc2C1=O. The standard InChI is InChI=1S/C19H15N5O3S/c1-10(24-16(26)11-6-2-3-7-12(11)17(24)27)15(25)22-18(20)23-19-21-13-8-4-5-9-14(13)28-19/h2-10H,1H3,(H3,20,21,22,23,25)/p+1/t10-/m0/s1. The summed E-state index contributed by atoms with van der Waals surface area (Å²) in [5, 5.41) is 3.00. The van der Waals surface area contributed by atoms with E-state index in [1.165, 1.54) is 18.3 Å². The molecule has 3 amide bonds. The molecule has 9 heteroatoms. The number of nitrogens with zero attached hydrogens (tertiary/aromatic N) is 2. The molecule has 0 fully saturated rings. The van der Waals surface area contributed by atoms with Gasteiger partial charge in [-0.3, -0.25) is 19.3 Å². The molecule has 0 saturated carbocycles. The van der Waals surface area contributed by atoms with Crippen LogP contribution < -0.4 is 16.0 Å². The number of hydrogen-bond donors (Lipinski definition) is 3. The lowest BCUT2D eigenvalue weighted by Crippen LogP contribution is -2.74. The molecule has 0 bridgehead atoms. The van der Waals surface area contributed by atoms with E-state index in [9.17, 15) is 14.4 Å². The second-order valence-corrected chi connectivity index (χ2v) is 7.25. The van der Waals surface area contributed by atoms with Crippen LogP contribution in [0.25, 0.3) is 10.2 Å². The molecule has 0 unspecified atom stereocenters. The Labute approximate surface area is 163 Å². The highest BCUT2D eigenvalue weighted by Crippen LogP contribution is 2.24. The molecule has 2 aromatic carbocycles. The van der Waals surface area contributed by atoms with E-state index in [1.807, 2.05) is 24.3 Å². The number of amides is 3. The first-order valence-electron chi connectivity index (χ1n) is 8.48. The normalized spacial score (nSPS) is 15.0. The maximum absolute atomic E-state index is 12.5. The van der Waals surface area contributed by atoms with Gasteiger partial charge in [0.05, 0.1) is 15.8 Å². The molecule has 0 aliphatic carbocycles. The molecule has 28 heavy (non-hydrogen) atoms. The van der Waals surface area contributed by atoms with Crippen molar-refractivity contribution < 1.29 is 19.4 Å². The van der Waals surface area contributed by atoms with Crippen LogP contribution in [-0.4, -0.2) is 39.6 Å². The van der Waals surface area contributed by atoms with Crippen LogP contribution in [0.15, 0.2) is 48.5 Å². The van der Waals surface area contributed by atoms with E-state index in [0.717, 1.165) is 15.1 Å². The van der Waals surface area contributed by atoms with E-state index in [0.29, 0.717) is 5.13 Å². The van der Waals surface area contributed by atoms with Crippen molar-refractivity contribution in [3.63, 3.8) is 0 Å². The maximum Gasteiger partial charge on any atom is 0.312 e. The minimum absolute atomic E-state index is 0.0347. The number of carbonyl (C=O) groups excluding carboxylic acids is 3. The summed E-state index contributed by atoms with van der Waals surface area (Å²) in [6.07, 6.45) is 0. The second kappa shape index (κ2) is 6.86. The van der Waals surface area contributed by atoms with Crippen molar-refractivity contribution in [1.82, 2.24) is 15.2 Å². The zero-order valence-corrected chi connectivity index (χ0v) is 15.6. The Balaban J connectivity index is 1.50. The number of nitrogens with one attached hydrogen (secondary N) is 2. The molecule has 1 aliphatic heterocycles. The van der Waals surface area contributed by atoms with Crippen LogP contribution in [0.2, 0.25) is 0 Å². The van der Waals surface area contributed by atoms with E-state index in [-0.39, 0.29) is 17.1 Å². The molecule has 2 heterocycles. The Bertz CT molecular complexity index is 1090. The van der Waals surface area contributed by atoms with E-state index in [2.05, 4.69) is 15.3 Å². The fourth-order valence-corrected chi connectivity index (χ4v) is 3.86. The zero-order chi connectivity index (χ0) is 19.8. The highest BCUT2D eigenvalue weighted by Gasteiger charge is 2.41. The third-order valence-electron chi connectivity index (χ3n) is 4.39. The Morgan fingerprint density at radius 3 is 2.36 bits per heavy atom. The highest BCUT2D eigenvalue weighted by atomic mass is 32.1. The summed E-state index contributed by atoms with van der Waals surface area (Å²) in [7, 11) is 0. The lowest BCUT2D eigenvalue weighted by molar-refractivity contribution is -0.357. The molecule has 0 radical (unpaired) electrons. The summed E-state index contributed by atoms with van der Waals surface area (Å²) in [5.41, 5.74) is 7.26. The van der Waals surface area contributed by atoms with Crippen LogP contribution in [0.1, 0.15) is 27.6 Å². The first kappa shape index (κ1) is 17.8.